The van der Waals surface area contributed by atoms with Crippen molar-refractivity contribution in [2.24, 2.45) is 0 Å². The second-order valence-electron chi connectivity index (χ2n) is 2.50. The molecule has 0 aliphatic carbocycles. The fourth-order valence-corrected chi connectivity index (χ4v) is 1.12. The van der Waals surface area contributed by atoms with Gasteiger partial charge in [0.05, 0.1) is 7.11 Å². The zero-order valence-electron chi connectivity index (χ0n) is 6.74. The van der Waals surface area contributed by atoms with Crippen molar-refractivity contribution < 1.29 is 4.74 Å². The summed E-state index contributed by atoms with van der Waals surface area (Å²) in [4.78, 5) is 3.97. The highest BCUT2D eigenvalue weighted by atomic mass is 16.5. The molecule has 0 N–H and O–H groups in total. The van der Waals surface area contributed by atoms with Crippen molar-refractivity contribution in [3.63, 3.8) is 0 Å². The van der Waals surface area contributed by atoms with E-state index < -0.39 is 0 Å². The minimum Gasteiger partial charge on any atom is -0.497 e. The van der Waals surface area contributed by atoms with Crippen molar-refractivity contribution >= 4 is 10.8 Å². The van der Waals surface area contributed by atoms with Crippen LogP contribution in [0.1, 0.15) is 0 Å². The summed E-state index contributed by atoms with van der Waals surface area (Å²) in [6.07, 6.45) is 3.47. The molecule has 2 aromatic rings. The van der Waals surface area contributed by atoms with Gasteiger partial charge in [0.1, 0.15) is 5.75 Å². The van der Waals surface area contributed by atoms with Crippen LogP contribution in [0.2, 0.25) is 0 Å². The van der Waals surface area contributed by atoms with Crippen LogP contribution < -0.4 is 4.74 Å². The first-order valence-corrected chi connectivity index (χ1v) is 3.69. The number of aromatic nitrogens is 1. The molecule has 0 saturated carbocycles. The van der Waals surface area contributed by atoms with E-state index in [2.05, 4.69) is 11.1 Å². The molecule has 1 radical (unpaired) electrons. The maximum Gasteiger partial charge on any atom is 0.119 e. The molecule has 1 heterocycles. The Labute approximate surface area is 70.8 Å². The predicted octanol–water partition coefficient (Wildman–Crippen LogP) is 2.04. The normalized spacial score (nSPS) is 10.1. The van der Waals surface area contributed by atoms with Crippen molar-refractivity contribution in [1.29, 1.82) is 0 Å². The van der Waals surface area contributed by atoms with E-state index in [1.54, 1.807) is 13.3 Å². The van der Waals surface area contributed by atoms with Gasteiger partial charge in [0, 0.05) is 23.8 Å². The first-order chi connectivity index (χ1) is 5.90. The van der Waals surface area contributed by atoms with Gasteiger partial charge < -0.3 is 4.74 Å². The summed E-state index contributed by atoms with van der Waals surface area (Å²) < 4.78 is 5.08. The lowest BCUT2D eigenvalue weighted by Gasteiger charge is -2.00. The van der Waals surface area contributed by atoms with Gasteiger partial charge in [-0.1, -0.05) is 0 Å². The Morgan fingerprint density at radius 3 is 3.17 bits per heavy atom. The van der Waals surface area contributed by atoms with Crippen LogP contribution in [0.4, 0.5) is 0 Å². The van der Waals surface area contributed by atoms with Crippen molar-refractivity contribution in [1.82, 2.24) is 4.98 Å². The highest BCUT2D eigenvalue weighted by Gasteiger charge is 1.94. The number of hydrogen-bond acceptors (Lipinski definition) is 2. The summed E-state index contributed by atoms with van der Waals surface area (Å²) in [7, 11) is 1.66. The molecule has 0 aliphatic heterocycles. The van der Waals surface area contributed by atoms with E-state index in [-0.39, 0.29) is 0 Å². The molecule has 59 valence electrons. The second kappa shape index (κ2) is 2.81. The number of hydrogen-bond donors (Lipinski definition) is 0. The van der Waals surface area contributed by atoms with Gasteiger partial charge in [-0.2, -0.15) is 0 Å². The minimum atomic E-state index is 0.852. The van der Waals surface area contributed by atoms with E-state index in [9.17, 15) is 0 Å². The van der Waals surface area contributed by atoms with Crippen LogP contribution in [-0.4, -0.2) is 12.1 Å². The number of methoxy groups -OCH3 is 1. The molecule has 0 spiro atoms. The number of benzene rings is 1. The number of nitrogens with zero attached hydrogens (tertiary/aromatic N) is 1. The highest BCUT2D eigenvalue weighted by molar-refractivity contribution is 5.82. The lowest BCUT2D eigenvalue weighted by molar-refractivity contribution is 0.415. The van der Waals surface area contributed by atoms with Crippen molar-refractivity contribution in [2.45, 2.75) is 0 Å². The molecule has 0 aliphatic rings. The lowest BCUT2D eigenvalue weighted by atomic mass is 10.2. The molecule has 2 rings (SSSR count). The molecule has 0 unspecified atom stereocenters. The zero-order chi connectivity index (χ0) is 8.39. The molecule has 12 heavy (non-hydrogen) atoms. The molecule has 1 aromatic carbocycles. The van der Waals surface area contributed by atoms with Crippen LogP contribution in [0.5, 0.6) is 5.75 Å². The fraction of sp³-hybridized carbons (Fsp3) is 0.100. The standard InChI is InChI=1S/C10H8NO/c1-12-10-3-2-9-7-11-5-4-8(9)6-10/h2-3,5-7H,1H3. The van der Waals surface area contributed by atoms with Crippen LogP contribution in [0.25, 0.3) is 10.8 Å². The van der Waals surface area contributed by atoms with Gasteiger partial charge in [0.2, 0.25) is 0 Å². The number of ether oxygens (including phenoxy) is 1. The molecule has 0 bridgehead atoms. The van der Waals surface area contributed by atoms with Crippen molar-refractivity contribution in [2.75, 3.05) is 7.11 Å². The summed E-state index contributed by atoms with van der Waals surface area (Å²) in [5, 5.41) is 2.11. The Morgan fingerprint density at radius 2 is 2.33 bits per heavy atom. The van der Waals surface area contributed by atoms with E-state index in [0.717, 1.165) is 16.5 Å². The van der Waals surface area contributed by atoms with Gasteiger partial charge in [-0.15, -0.1) is 0 Å². The second-order valence-corrected chi connectivity index (χ2v) is 2.50. The SMILES string of the molecule is COc1ccc2cnc[c]c2c1. The maximum atomic E-state index is 5.08. The summed E-state index contributed by atoms with van der Waals surface area (Å²) in [6.45, 7) is 0. The number of rotatable bonds is 1. The van der Waals surface area contributed by atoms with Gasteiger partial charge in [-0.05, 0) is 23.6 Å². The molecule has 0 atom stereocenters. The average molecular weight is 158 g/mol. The summed E-state index contributed by atoms with van der Waals surface area (Å²) in [5.41, 5.74) is 0. The third-order valence-corrected chi connectivity index (χ3v) is 1.77. The highest BCUT2D eigenvalue weighted by Crippen LogP contribution is 2.18. The topological polar surface area (TPSA) is 22.1 Å². The van der Waals surface area contributed by atoms with Crippen LogP contribution in [-0.2, 0) is 0 Å². The first kappa shape index (κ1) is 7.10. The summed E-state index contributed by atoms with van der Waals surface area (Å²) in [6, 6.07) is 8.86. The molecule has 2 heteroatoms. The van der Waals surface area contributed by atoms with E-state index in [0.29, 0.717) is 0 Å². The van der Waals surface area contributed by atoms with E-state index >= 15 is 0 Å². The largest absolute Gasteiger partial charge is 0.497 e. The molecular weight excluding hydrogens is 150 g/mol. The zero-order valence-corrected chi connectivity index (χ0v) is 6.74. The smallest absolute Gasteiger partial charge is 0.119 e. The third-order valence-electron chi connectivity index (χ3n) is 1.77. The van der Waals surface area contributed by atoms with Crippen LogP contribution in [0.15, 0.2) is 30.6 Å². The Balaban J connectivity index is 2.67. The molecule has 0 saturated heterocycles. The summed E-state index contributed by atoms with van der Waals surface area (Å²) in [5.74, 6) is 0.852. The Morgan fingerprint density at radius 1 is 1.42 bits per heavy atom. The molecular formula is C10H8NO. The van der Waals surface area contributed by atoms with Crippen molar-refractivity contribution in [3.8, 4) is 5.75 Å². The van der Waals surface area contributed by atoms with Crippen molar-refractivity contribution in [3.05, 3.63) is 36.7 Å². The first-order valence-electron chi connectivity index (χ1n) is 3.69. The monoisotopic (exact) mass is 158 g/mol. The average Bonchev–Trinajstić information content (AvgIpc) is 2.17. The van der Waals surface area contributed by atoms with E-state index in [1.807, 2.05) is 24.4 Å². The number of pyridine rings is 1. The Bertz CT molecular complexity index is 398. The van der Waals surface area contributed by atoms with E-state index in [4.69, 9.17) is 4.74 Å². The molecule has 1 aromatic heterocycles. The molecule has 0 fully saturated rings. The predicted molar refractivity (Wildman–Crippen MR) is 47.1 cm³/mol. The van der Waals surface area contributed by atoms with Gasteiger partial charge >= 0.3 is 0 Å². The quantitative estimate of drug-likeness (QED) is 0.633. The van der Waals surface area contributed by atoms with Gasteiger partial charge in [-0.3, -0.25) is 4.98 Å². The molecule has 2 nitrogen and oxygen atoms in total. The van der Waals surface area contributed by atoms with Crippen LogP contribution >= 0.6 is 0 Å². The van der Waals surface area contributed by atoms with Gasteiger partial charge in [0.15, 0.2) is 0 Å². The summed E-state index contributed by atoms with van der Waals surface area (Å²) >= 11 is 0. The van der Waals surface area contributed by atoms with E-state index in [1.165, 1.54) is 0 Å². The third kappa shape index (κ3) is 1.11. The maximum absolute atomic E-state index is 5.08. The van der Waals surface area contributed by atoms with Gasteiger partial charge in [-0.25, -0.2) is 0 Å². The van der Waals surface area contributed by atoms with Gasteiger partial charge in [0.25, 0.3) is 0 Å². The van der Waals surface area contributed by atoms with Crippen LogP contribution in [0.3, 0.4) is 0 Å². The van der Waals surface area contributed by atoms with Crippen LogP contribution in [0, 0.1) is 6.07 Å². The molecule has 0 amide bonds. The fourth-order valence-electron chi connectivity index (χ4n) is 1.12. The number of fused-ring (bicyclic) bond motifs is 1. The lowest BCUT2D eigenvalue weighted by Crippen LogP contribution is -1.82. The Kier molecular flexibility index (Phi) is 1.67. The Hall–Kier alpha value is -1.57. The minimum absolute atomic E-state index is 0.852.